The lowest BCUT2D eigenvalue weighted by Crippen LogP contribution is -2.23. The molecule has 1 rings (SSSR count). The van der Waals surface area contributed by atoms with Crippen molar-refractivity contribution in [1.82, 2.24) is 9.88 Å². The molecule has 0 amide bonds. The van der Waals surface area contributed by atoms with E-state index in [0.717, 1.165) is 16.3 Å². The zero-order valence-corrected chi connectivity index (χ0v) is 11.5. The van der Waals surface area contributed by atoms with Gasteiger partial charge in [0.15, 0.2) is 5.17 Å². The lowest BCUT2D eigenvalue weighted by molar-refractivity contribution is 0.509. The summed E-state index contributed by atoms with van der Waals surface area (Å²) in [4.78, 5) is 10.5. The van der Waals surface area contributed by atoms with Gasteiger partial charge in [0, 0.05) is 26.8 Å². The lowest BCUT2D eigenvalue weighted by Gasteiger charge is -2.19. The molecule has 5 heteroatoms. The molecule has 0 aliphatic rings. The van der Waals surface area contributed by atoms with Gasteiger partial charge < -0.3 is 4.90 Å². The molecular formula is C10H14BrN3S. The van der Waals surface area contributed by atoms with Crippen molar-refractivity contribution < 1.29 is 0 Å². The maximum atomic E-state index is 4.20. The van der Waals surface area contributed by atoms with Crippen molar-refractivity contribution in [2.75, 3.05) is 20.4 Å². The first-order chi connectivity index (χ1) is 7.17. The van der Waals surface area contributed by atoms with Gasteiger partial charge in [0.25, 0.3) is 0 Å². The van der Waals surface area contributed by atoms with Crippen LogP contribution in [0.5, 0.6) is 0 Å². The van der Waals surface area contributed by atoms with E-state index in [9.17, 15) is 0 Å². The average molecular weight is 288 g/mol. The molecule has 1 aromatic rings. The first-order valence-electron chi connectivity index (χ1n) is 4.49. The molecular weight excluding hydrogens is 274 g/mol. The van der Waals surface area contributed by atoms with Crippen LogP contribution in [0.3, 0.4) is 0 Å². The number of aromatic nitrogens is 1. The minimum Gasteiger partial charge on any atom is -0.350 e. The van der Waals surface area contributed by atoms with E-state index in [0.29, 0.717) is 0 Å². The fraction of sp³-hybridized carbons (Fsp3) is 0.400. The molecule has 0 N–H and O–H groups in total. The summed E-state index contributed by atoms with van der Waals surface area (Å²) in [5.41, 5.74) is 1.18. The molecule has 0 spiro atoms. The normalized spacial score (nSPS) is 11.6. The van der Waals surface area contributed by atoms with Gasteiger partial charge >= 0.3 is 0 Å². The Morgan fingerprint density at radius 1 is 1.60 bits per heavy atom. The number of pyridine rings is 1. The Hall–Kier alpha value is -0.550. The summed E-state index contributed by atoms with van der Waals surface area (Å²) >= 11 is 4.96. The van der Waals surface area contributed by atoms with Gasteiger partial charge in [0.2, 0.25) is 0 Å². The maximum absolute atomic E-state index is 4.20. The first-order valence-corrected chi connectivity index (χ1v) is 6.51. The van der Waals surface area contributed by atoms with Crippen LogP contribution in [0.25, 0.3) is 0 Å². The SMILES string of the molecule is CN=C(SC)N(C)Cc1ccc(Br)nc1. The first kappa shape index (κ1) is 12.5. The highest BCUT2D eigenvalue weighted by Gasteiger charge is 2.04. The predicted molar refractivity (Wildman–Crippen MR) is 70.3 cm³/mol. The molecule has 0 fully saturated rings. The second kappa shape index (κ2) is 6.12. The summed E-state index contributed by atoms with van der Waals surface area (Å²) in [6.07, 6.45) is 3.90. The molecule has 0 saturated heterocycles. The van der Waals surface area contributed by atoms with Crippen molar-refractivity contribution >= 4 is 32.9 Å². The van der Waals surface area contributed by atoms with Crippen molar-refractivity contribution in [3.8, 4) is 0 Å². The van der Waals surface area contributed by atoms with E-state index in [2.05, 4.69) is 36.9 Å². The molecule has 0 bridgehead atoms. The van der Waals surface area contributed by atoms with Crippen molar-refractivity contribution in [3.63, 3.8) is 0 Å². The highest BCUT2D eigenvalue weighted by atomic mass is 79.9. The predicted octanol–water partition coefficient (Wildman–Crippen LogP) is 2.62. The molecule has 0 atom stereocenters. The Labute approximate surface area is 103 Å². The van der Waals surface area contributed by atoms with Crippen molar-refractivity contribution in [2.24, 2.45) is 4.99 Å². The van der Waals surface area contributed by atoms with E-state index in [1.54, 1.807) is 11.8 Å². The zero-order chi connectivity index (χ0) is 11.3. The third-order valence-electron chi connectivity index (χ3n) is 1.91. The van der Waals surface area contributed by atoms with Crippen LogP contribution in [-0.2, 0) is 6.54 Å². The molecule has 3 nitrogen and oxygen atoms in total. The van der Waals surface area contributed by atoms with E-state index in [1.807, 2.05) is 32.6 Å². The van der Waals surface area contributed by atoms with Crippen molar-refractivity contribution in [3.05, 3.63) is 28.5 Å². The van der Waals surface area contributed by atoms with Crippen molar-refractivity contribution in [1.29, 1.82) is 0 Å². The van der Waals surface area contributed by atoms with Crippen LogP contribution in [-0.4, -0.2) is 35.4 Å². The number of thioether (sulfide) groups is 1. The van der Waals surface area contributed by atoms with Crippen LogP contribution in [0.4, 0.5) is 0 Å². The van der Waals surface area contributed by atoms with Crippen LogP contribution in [0.15, 0.2) is 27.9 Å². The third kappa shape index (κ3) is 3.83. The van der Waals surface area contributed by atoms with Gasteiger partial charge in [-0.2, -0.15) is 0 Å². The van der Waals surface area contributed by atoms with E-state index in [1.165, 1.54) is 5.56 Å². The van der Waals surface area contributed by atoms with Gasteiger partial charge in [-0.15, -0.1) is 0 Å². The van der Waals surface area contributed by atoms with Gasteiger partial charge in [-0.3, -0.25) is 4.99 Å². The van der Waals surface area contributed by atoms with E-state index in [-0.39, 0.29) is 0 Å². The van der Waals surface area contributed by atoms with Crippen LogP contribution < -0.4 is 0 Å². The van der Waals surface area contributed by atoms with Crippen LogP contribution in [0, 0.1) is 0 Å². The Kier molecular flexibility index (Phi) is 5.11. The quantitative estimate of drug-likeness (QED) is 0.476. The summed E-state index contributed by atoms with van der Waals surface area (Å²) in [7, 11) is 3.84. The Bertz CT molecular complexity index is 337. The van der Waals surface area contributed by atoms with Gasteiger partial charge in [-0.1, -0.05) is 17.8 Å². The molecule has 0 saturated carbocycles. The van der Waals surface area contributed by atoms with Gasteiger partial charge in [-0.05, 0) is 33.8 Å². The average Bonchev–Trinajstić information content (AvgIpc) is 2.23. The fourth-order valence-corrected chi connectivity index (χ4v) is 2.05. The Morgan fingerprint density at radius 3 is 2.80 bits per heavy atom. The number of hydrogen-bond acceptors (Lipinski definition) is 3. The summed E-state index contributed by atoms with van der Waals surface area (Å²) in [5.74, 6) is 0. The number of aliphatic imine (C=N–C) groups is 1. The standard InChI is InChI=1S/C10H14BrN3S/c1-12-10(15-3)14(2)7-8-4-5-9(11)13-6-8/h4-6H,7H2,1-3H3. The number of halogens is 1. The molecule has 0 radical (unpaired) electrons. The second-order valence-corrected chi connectivity index (χ2v) is 4.64. The van der Waals surface area contributed by atoms with E-state index in [4.69, 9.17) is 0 Å². The minimum absolute atomic E-state index is 0.827. The largest absolute Gasteiger partial charge is 0.350 e. The topological polar surface area (TPSA) is 28.5 Å². The molecule has 0 aliphatic heterocycles. The number of amidine groups is 1. The molecule has 0 unspecified atom stereocenters. The number of rotatable bonds is 2. The molecule has 0 aliphatic carbocycles. The zero-order valence-electron chi connectivity index (χ0n) is 9.07. The smallest absolute Gasteiger partial charge is 0.158 e. The third-order valence-corrected chi connectivity index (χ3v) is 3.24. The lowest BCUT2D eigenvalue weighted by atomic mass is 10.3. The van der Waals surface area contributed by atoms with Gasteiger partial charge in [0.1, 0.15) is 4.60 Å². The minimum atomic E-state index is 0.827. The summed E-state index contributed by atoms with van der Waals surface area (Å²) in [6.45, 7) is 0.827. The van der Waals surface area contributed by atoms with Crippen LogP contribution in [0.1, 0.15) is 5.56 Å². The highest BCUT2D eigenvalue weighted by molar-refractivity contribution is 9.10. The van der Waals surface area contributed by atoms with E-state index < -0.39 is 0 Å². The summed E-state index contributed by atoms with van der Waals surface area (Å²) < 4.78 is 0.864. The van der Waals surface area contributed by atoms with Gasteiger partial charge in [0.05, 0.1) is 0 Å². The molecule has 1 heterocycles. The Balaban J connectivity index is 2.65. The molecule has 0 aromatic carbocycles. The van der Waals surface area contributed by atoms with Crippen LogP contribution in [0.2, 0.25) is 0 Å². The molecule has 15 heavy (non-hydrogen) atoms. The molecule has 82 valence electrons. The maximum Gasteiger partial charge on any atom is 0.158 e. The van der Waals surface area contributed by atoms with Gasteiger partial charge in [-0.25, -0.2) is 4.98 Å². The molecule has 1 aromatic heterocycles. The number of hydrogen-bond donors (Lipinski definition) is 0. The van der Waals surface area contributed by atoms with E-state index >= 15 is 0 Å². The van der Waals surface area contributed by atoms with Crippen LogP contribution >= 0.6 is 27.7 Å². The summed E-state index contributed by atoms with van der Waals surface area (Å²) in [5, 5.41) is 1.03. The summed E-state index contributed by atoms with van der Waals surface area (Å²) in [6, 6.07) is 4.01. The fourth-order valence-electron chi connectivity index (χ4n) is 1.26. The second-order valence-electron chi connectivity index (χ2n) is 3.06. The Morgan fingerprint density at radius 2 is 2.33 bits per heavy atom. The van der Waals surface area contributed by atoms with Crippen molar-refractivity contribution in [2.45, 2.75) is 6.54 Å². The highest BCUT2D eigenvalue weighted by Crippen LogP contribution is 2.10. The monoisotopic (exact) mass is 287 g/mol. The number of nitrogens with zero attached hydrogens (tertiary/aromatic N) is 3.